The number of benzene rings is 1. The molecule has 1 saturated heterocycles. The highest BCUT2D eigenvalue weighted by molar-refractivity contribution is 8.00. The normalized spacial score (nSPS) is 16.5. The maximum Gasteiger partial charge on any atom is 0.240 e. The lowest BCUT2D eigenvalue weighted by Gasteiger charge is -2.30. The predicted octanol–water partition coefficient (Wildman–Crippen LogP) is 0.684. The Morgan fingerprint density at radius 1 is 1.27 bits per heavy atom. The van der Waals surface area contributed by atoms with E-state index in [4.69, 9.17) is 10.6 Å². The maximum absolute atomic E-state index is 12.9. The molecule has 0 radical (unpaired) electrons. The first kappa shape index (κ1) is 14.9. The highest BCUT2D eigenvalue weighted by Crippen LogP contribution is 2.35. The lowest BCUT2D eigenvalue weighted by atomic mass is 10.1. The molecule has 0 unspecified atom stereocenters. The van der Waals surface area contributed by atoms with Crippen LogP contribution in [0.5, 0.6) is 0 Å². The van der Waals surface area contributed by atoms with E-state index in [2.05, 4.69) is 10.2 Å². The molecule has 7 nitrogen and oxygen atoms in total. The Balaban J connectivity index is 1.85. The van der Waals surface area contributed by atoms with E-state index in [0.29, 0.717) is 31.5 Å². The molecule has 2 aromatic rings. The van der Waals surface area contributed by atoms with Gasteiger partial charge in [0.1, 0.15) is 11.6 Å². The molecule has 0 aliphatic carbocycles. The van der Waals surface area contributed by atoms with Gasteiger partial charge in [-0.15, -0.1) is 10.2 Å². The van der Waals surface area contributed by atoms with Gasteiger partial charge in [0.05, 0.1) is 13.2 Å². The molecule has 1 fully saturated rings. The number of nitrogens with zero attached hydrogens (tertiary/aromatic N) is 4. The summed E-state index contributed by atoms with van der Waals surface area (Å²) in [4.78, 5) is 14.7. The minimum atomic E-state index is -0.397. The van der Waals surface area contributed by atoms with Crippen LogP contribution in [0, 0.1) is 0 Å². The first-order valence-corrected chi connectivity index (χ1v) is 7.87. The number of thioether (sulfide) groups is 1. The fourth-order valence-electron chi connectivity index (χ4n) is 2.26. The zero-order valence-corrected chi connectivity index (χ0v) is 12.8. The van der Waals surface area contributed by atoms with Crippen molar-refractivity contribution < 1.29 is 9.53 Å². The molecule has 0 spiro atoms. The monoisotopic (exact) mass is 319 g/mol. The van der Waals surface area contributed by atoms with Crippen molar-refractivity contribution in [3.05, 3.63) is 42.2 Å². The van der Waals surface area contributed by atoms with Crippen LogP contribution >= 0.6 is 11.8 Å². The number of hydrogen-bond acceptors (Lipinski definition) is 6. The molecule has 1 amide bonds. The summed E-state index contributed by atoms with van der Waals surface area (Å²) in [5.41, 5.74) is 0.923. The molecule has 22 heavy (non-hydrogen) atoms. The second-order valence-corrected chi connectivity index (χ2v) is 5.94. The molecule has 1 atom stereocenters. The molecule has 2 N–H and O–H groups in total. The predicted molar refractivity (Wildman–Crippen MR) is 82.6 cm³/mol. The molecule has 0 bridgehead atoms. The Morgan fingerprint density at radius 2 is 2.00 bits per heavy atom. The summed E-state index contributed by atoms with van der Waals surface area (Å²) in [7, 11) is 0. The summed E-state index contributed by atoms with van der Waals surface area (Å²) in [6.45, 7) is 2.37. The third-order valence-corrected chi connectivity index (χ3v) is 4.63. The van der Waals surface area contributed by atoms with Crippen molar-refractivity contribution in [2.75, 3.05) is 32.1 Å². The average molecular weight is 319 g/mol. The molecular formula is C14H17N5O2S. The van der Waals surface area contributed by atoms with Gasteiger partial charge in [-0.05, 0) is 5.56 Å². The molecule has 2 heterocycles. The van der Waals surface area contributed by atoms with Gasteiger partial charge in [-0.3, -0.25) is 4.79 Å². The molecule has 1 aliphatic heterocycles. The SMILES string of the molecule is Nn1cnnc1S[C@@H](C(=O)N1CCOCC1)c1ccccc1. The third kappa shape index (κ3) is 3.23. The Kier molecular flexibility index (Phi) is 4.59. The van der Waals surface area contributed by atoms with Crippen molar-refractivity contribution >= 4 is 17.7 Å². The number of hydrogen-bond donors (Lipinski definition) is 1. The third-order valence-electron chi connectivity index (χ3n) is 3.41. The minimum Gasteiger partial charge on any atom is -0.378 e. The number of carbonyl (C=O) groups excluding carboxylic acids is 1. The van der Waals surface area contributed by atoms with Gasteiger partial charge in [0.15, 0.2) is 0 Å². The molecule has 116 valence electrons. The van der Waals surface area contributed by atoms with E-state index >= 15 is 0 Å². The Hall–Kier alpha value is -2.06. The van der Waals surface area contributed by atoms with Crippen LogP contribution in [0.15, 0.2) is 41.8 Å². The smallest absolute Gasteiger partial charge is 0.240 e. The number of nitrogen functional groups attached to an aromatic ring is 1. The van der Waals surface area contributed by atoms with Crippen LogP contribution in [0.3, 0.4) is 0 Å². The average Bonchev–Trinajstić information content (AvgIpc) is 2.98. The summed E-state index contributed by atoms with van der Waals surface area (Å²) in [5.74, 6) is 5.82. The largest absolute Gasteiger partial charge is 0.378 e. The zero-order chi connectivity index (χ0) is 15.4. The molecular weight excluding hydrogens is 302 g/mol. The van der Waals surface area contributed by atoms with Crippen LogP contribution < -0.4 is 5.84 Å². The summed E-state index contributed by atoms with van der Waals surface area (Å²) >= 11 is 1.31. The molecule has 8 heteroatoms. The number of ether oxygens (including phenoxy) is 1. The van der Waals surface area contributed by atoms with Crippen molar-refractivity contribution in [3.63, 3.8) is 0 Å². The van der Waals surface area contributed by atoms with Crippen molar-refractivity contribution in [1.82, 2.24) is 19.8 Å². The lowest BCUT2D eigenvalue weighted by molar-refractivity contribution is -0.134. The first-order chi connectivity index (χ1) is 10.8. The maximum atomic E-state index is 12.9. The molecule has 0 saturated carbocycles. The number of morpholine rings is 1. The fourth-order valence-corrected chi connectivity index (χ4v) is 3.28. The van der Waals surface area contributed by atoms with Crippen molar-refractivity contribution in [2.45, 2.75) is 10.4 Å². The summed E-state index contributed by atoms with van der Waals surface area (Å²) < 4.78 is 6.64. The van der Waals surface area contributed by atoms with Crippen LogP contribution in [0.2, 0.25) is 0 Å². The van der Waals surface area contributed by atoms with E-state index in [0.717, 1.165) is 5.56 Å². The number of amides is 1. The number of aromatic nitrogens is 3. The van der Waals surface area contributed by atoms with E-state index in [-0.39, 0.29) is 5.91 Å². The van der Waals surface area contributed by atoms with E-state index in [1.165, 1.54) is 22.8 Å². The number of nitrogens with two attached hydrogens (primary N) is 1. The van der Waals surface area contributed by atoms with Crippen LogP contribution in [0.25, 0.3) is 0 Å². The van der Waals surface area contributed by atoms with Gasteiger partial charge < -0.3 is 15.5 Å². The molecule has 1 aliphatic rings. The van der Waals surface area contributed by atoms with Crippen LogP contribution in [-0.4, -0.2) is 52.0 Å². The Bertz CT molecular complexity index is 627. The van der Waals surface area contributed by atoms with Gasteiger partial charge in [0.25, 0.3) is 0 Å². The van der Waals surface area contributed by atoms with Gasteiger partial charge in [-0.1, -0.05) is 42.1 Å². The van der Waals surface area contributed by atoms with Gasteiger partial charge in [0, 0.05) is 13.1 Å². The van der Waals surface area contributed by atoms with Crippen LogP contribution in [0.1, 0.15) is 10.8 Å². The molecule has 3 rings (SSSR count). The topological polar surface area (TPSA) is 86.3 Å². The lowest BCUT2D eigenvalue weighted by Crippen LogP contribution is -2.42. The molecule has 1 aromatic heterocycles. The van der Waals surface area contributed by atoms with Crippen molar-refractivity contribution in [3.8, 4) is 0 Å². The van der Waals surface area contributed by atoms with Crippen molar-refractivity contribution in [2.24, 2.45) is 0 Å². The van der Waals surface area contributed by atoms with Crippen molar-refractivity contribution in [1.29, 1.82) is 0 Å². The molecule has 1 aromatic carbocycles. The number of rotatable bonds is 4. The zero-order valence-electron chi connectivity index (χ0n) is 12.0. The van der Waals surface area contributed by atoms with E-state index in [1.54, 1.807) is 0 Å². The van der Waals surface area contributed by atoms with Crippen LogP contribution in [0.4, 0.5) is 0 Å². The Morgan fingerprint density at radius 3 is 2.64 bits per heavy atom. The van der Waals surface area contributed by atoms with E-state index in [9.17, 15) is 4.79 Å². The van der Waals surface area contributed by atoms with Gasteiger partial charge in [-0.2, -0.15) is 0 Å². The second-order valence-electron chi connectivity index (χ2n) is 4.87. The van der Waals surface area contributed by atoms with Crippen LogP contribution in [-0.2, 0) is 9.53 Å². The highest BCUT2D eigenvalue weighted by Gasteiger charge is 2.29. The van der Waals surface area contributed by atoms with Gasteiger partial charge in [-0.25, -0.2) is 4.68 Å². The number of carbonyl (C=O) groups is 1. The minimum absolute atomic E-state index is 0.0440. The first-order valence-electron chi connectivity index (χ1n) is 6.99. The summed E-state index contributed by atoms with van der Waals surface area (Å²) in [6.07, 6.45) is 1.42. The highest BCUT2D eigenvalue weighted by atomic mass is 32.2. The Labute approximate surface area is 132 Å². The summed E-state index contributed by atoms with van der Waals surface area (Å²) in [5, 5.41) is 7.84. The van der Waals surface area contributed by atoms with E-state index < -0.39 is 5.25 Å². The second kappa shape index (κ2) is 6.80. The van der Waals surface area contributed by atoms with Gasteiger partial charge in [0.2, 0.25) is 11.1 Å². The van der Waals surface area contributed by atoms with E-state index in [1.807, 2.05) is 35.2 Å². The van der Waals surface area contributed by atoms with Gasteiger partial charge >= 0.3 is 0 Å². The fraction of sp³-hybridized carbons (Fsp3) is 0.357. The summed E-state index contributed by atoms with van der Waals surface area (Å²) in [6, 6.07) is 9.64. The quantitative estimate of drug-likeness (QED) is 0.659. The standard InChI is InChI=1S/C14H17N5O2S/c15-19-10-16-17-14(19)22-12(11-4-2-1-3-5-11)13(20)18-6-8-21-9-7-18/h1-5,10,12H,6-9,15H2/t12-/m1/s1.